The van der Waals surface area contributed by atoms with Gasteiger partial charge >= 0.3 is 0 Å². The van der Waals surface area contributed by atoms with Crippen LogP contribution in [0.5, 0.6) is 23.1 Å². The summed E-state index contributed by atoms with van der Waals surface area (Å²) in [5, 5.41) is 5.17. The lowest BCUT2D eigenvalue weighted by molar-refractivity contribution is 0.347. The van der Waals surface area contributed by atoms with E-state index < -0.39 is 25.1 Å². The Morgan fingerprint density at radius 1 is 0.952 bits per heavy atom. The predicted molar refractivity (Wildman–Crippen MR) is 155 cm³/mol. The number of primary sulfonamides is 1. The van der Waals surface area contributed by atoms with Crippen LogP contribution in [0.25, 0.3) is 22.6 Å². The molecule has 3 aromatic heterocycles. The zero-order valence-corrected chi connectivity index (χ0v) is 25.2. The minimum Gasteiger partial charge on any atom is -0.493 e. The summed E-state index contributed by atoms with van der Waals surface area (Å²) in [7, 11) is -4.93. The van der Waals surface area contributed by atoms with Crippen molar-refractivity contribution < 1.29 is 31.0 Å². The zero-order valence-electron chi connectivity index (χ0n) is 23.5. The lowest BCUT2D eigenvalue weighted by Crippen LogP contribution is -2.21. The number of benzene rings is 1. The highest BCUT2D eigenvalue weighted by atomic mass is 32.2. The van der Waals surface area contributed by atoms with Gasteiger partial charge < -0.3 is 14.2 Å². The van der Waals surface area contributed by atoms with Crippen LogP contribution in [0.3, 0.4) is 0 Å². The Bertz CT molecular complexity index is 1830. The van der Waals surface area contributed by atoms with Gasteiger partial charge in [-0.15, -0.1) is 0 Å². The number of rotatable bonds is 11. The molecule has 0 atom stereocenters. The number of aromatic nitrogens is 4. The molecular weight excluding hydrogens is 584 g/mol. The van der Waals surface area contributed by atoms with Crippen molar-refractivity contribution >= 4 is 20.0 Å². The highest BCUT2D eigenvalue weighted by Gasteiger charge is 2.27. The highest BCUT2D eigenvalue weighted by Crippen LogP contribution is 2.44. The number of hydrogen-bond acceptors (Lipinski definition) is 11. The molecule has 4 aromatic rings. The molecule has 13 nitrogen and oxygen atoms in total. The van der Waals surface area contributed by atoms with Gasteiger partial charge in [-0.2, -0.15) is 4.98 Å². The second-order valence-corrected chi connectivity index (χ2v) is 12.7. The number of nitrogens with zero attached hydrogens (tertiary/aromatic N) is 4. The molecule has 42 heavy (non-hydrogen) atoms. The van der Waals surface area contributed by atoms with Crippen molar-refractivity contribution in [1.29, 1.82) is 0 Å². The lowest BCUT2D eigenvalue weighted by atomic mass is 10.0. The van der Waals surface area contributed by atoms with Gasteiger partial charge in [0.2, 0.25) is 15.8 Å². The first-order chi connectivity index (χ1) is 19.8. The molecule has 0 saturated carbocycles. The average Bonchev–Trinajstić information content (AvgIpc) is 2.95. The number of methoxy groups -OCH3 is 2. The second-order valence-electron chi connectivity index (χ2n) is 9.44. The van der Waals surface area contributed by atoms with E-state index >= 15 is 0 Å². The van der Waals surface area contributed by atoms with Crippen LogP contribution in [0.4, 0.5) is 0 Å². The van der Waals surface area contributed by atoms with Crippen LogP contribution in [0.1, 0.15) is 31.0 Å². The van der Waals surface area contributed by atoms with Crippen LogP contribution >= 0.6 is 0 Å². The molecule has 0 aliphatic heterocycles. The summed E-state index contributed by atoms with van der Waals surface area (Å²) in [6.45, 7) is 3.79. The molecule has 222 valence electrons. The van der Waals surface area contributed by atoms with Crippen LogP contribution in [0.2, 0.25) is 0 Å². The van der Waals surface area contributed by atoms with Crippen molar-refractivity contribution in [2.24, 2.45) is 5.14 Å². The van der Waals surface area contributed by atoms with Crippen molar-refractivity contribution in [3.8, 4) is 45.8 Å². The van der Waals surface area contributed by atoms with E-state index in [-0.39, 0.29) is 41.2 Å². The molecular formula is C27H30N6O7S2. The van der Waals surface area contributed by atoms with Crippen molar-refractivity contribution in [2.45, 2.75) is 31.3 Å². The molecule has 4 rings (SSSR count). The monoisotopic (exact) mass is 614 g/mol. The largest absolute Gasteiger partial charge is 0.493 e. The number of hydrogen-bond donors (Lipinski definition) is 2. The Hall–Kier alpha value is -4.18. The lowest BCUT2D eigenvalue weighted by Gasteiger charge is -2.18. The summed E-state index contributed by atoms with van der Waals surface area (Å²) in [5.74, 6) is 0.756. The van der Waals surface area contributed by atoms with Gasteiger partial charge in [-0.25, -0.2) is 36.7 Å². The molecule has 0 saturated heterocycles. The molecule has 0 amide bonds. The second kappa shape index (κ2) is 12.4. The standard InChI is InChI=1S/C27H30N6O7S2/c1-16(2)18-13-20(27(30-14-18)42(28,36)37)23-24(40-22-9-7-6-8-21(22)38-3)26(39-4)33-25(32-23)17-10-11-29-19(12-17)15-31-41(5,34)35/h6-14,16,31H,15H2,1-5H3,(H2,28,36,37). The van der Waals surface area contributed by atoms with Crippen LogP contribution < -0.4 is 24.1 Å². The van der Waals surface area contributed by atoms with Crippen molar-refractivity contribution in [1.82, 2.24) is 24.7 Å². The van der Waals surface area contributed by atoms with E-state index in [1.54, 1.807) is 42.5 Å². The third-order valence-electron chi connectivity index (χ3n) is 5.96. The Morgan fingerprint density at radius 3 is 2.29 bits per heavy atom. The smallest absolute Gasteiger partial charge is 0.261 e. The minimum absolute atomic E-state index is 0.00798. The third kappa shape index (κ3) is 7.17. The van der Waals surface area contributed by atoms with Crippen LogP contribution in [0.15, 0.2) is 59.9 Å². The molecule has 1 aromatic carbocycles. The zero-order chi connectivity index (χ0) is 30.7. The highest BCUT2D eigenvalue weighted by molar-refractivity contribution is 7.89. The topological polar surface area (TPSA) is 186 Å². The summed E-state index contributed by atoms with van der Waals surface area (Å²) in [6.07, 6.45) is 3.96. The van der Waals surface area contributed by atoms with Crippen molar-refractivity contribution in [3.63, 3.8) is 0 Å². The first-order valence-corrected chi connectivity index (χ1v) is 15.9. The van der Waals surface area contributed by atoms with Gasteiger partial charge in [0.15, 0.2) is 22.3 Å². The summed E-state index contributed by atoms with van der Waals surface area (Å²) < 4.78 is 68.3. The van der Waals surface area contributed by atoms with E-state index in [9.17, 15) is 16.8 Å². The Balaban J connectivity index is 2.01. The van der Waals surface area contributed by atoms with E-state index in [1.807, 2.05) is 13.8 Å². The van der Waals surface area contributed by atoms with Crippen LogP contribution in [-0.2, 0) is 26.6 Å². The van der Waals surface area contributed by atoms with Gasteiger partial charge in [0.1, 0.15) is 5.69 Å². The van der Waals surface area contributed by atoms with Gasteiger partial charge in [0.25, 0.3) is 15.9 Å². The van der Waals surface area contributed by atoms with Crippen LogP contribution in [0, 0.1) is 0 Å². The Morgan fingerprint density at radius 2 is 1.67 bits per heavy atom. The van der Waals surface area contributed by atoms with Gasteiger partial charge in [-0.3, -0.25) is 4.98 Å². The maximum atomic E-state index is 12.7. The van der Waals surface area contributed by atoms with E-state index in [0.717, 1.165) is 11.8 Å². The number of ether oxygens (including phenoxy) is 3. The van der Waals surface area contributed by atoms with E-state index in [4.69, 9.17) is 24.3 Å². The number of sulfonamides is 2. The fourth-order valence-corrected chi connectivity index (χ4v) is 4.96. The average molecular weight is 615 g/mol. The van der Waals surface area contributed by atoms with E-state index in [0.29, 0.717) is 22.8 Å². The van der Waals surface area contributed by atoms with Gasteiger partial charge in [-0.1, -0.05) is 26.0 Å². The summed E-state index contributed by atoms with van der Waals surface area (Å²) in [6, 6.07) is 11.7. The molecule has 0 aliphatic carbocycles. The SMILES string of the molecule is COc1ccccc1Oc1c(OC)nc(-c2ccnc(CNS(C)(=O)=O)c2)nc1-c1cc(C(C)C)cnc1S(N)(=O)=O. The van der Waals surface area contributed by atoms with Gasteiger partial charge in [0.05, 0.1) is 32.7 Å². The van der Waals surface area contributed by atoms with E-state index in [2.05, 4.69) is 19.7 Å². The quantitative estimate of drug-likeness (QED) is 0.253. The molecule has 0 radical (unpaired) electrons. The first kappa shape index (κ1) is 30.8. The molecule has 0 fully saturated rings. The predicted octanol–water partition coefficient (Wildman–Crippen LogP) is 3.23. The first-order valence-electron chi connectivity index (χ1n) is 12.5. The number of pyridine rings is 2. The summed E-state index contributed by atoms with van der Waals surface area (Å²) >= 11 is 0. The van der Waals surface area contributed by atoms with Gasteiger partial charge in [0, 0.05) is 23.5 Å². The summed E-state index contributed by atoms with van der Waals surface area (Å²) in [4.78, 5) is 17.6. The Labute approximate surface area is 244 Å². The Kier molecular flexibility index (Phi) is 9.06. The molecule has 3 N–H and O–H groups in total. The van der Waals surface area contributed by atoms with Crippen LogP contribution in [-0.4, -0.2) is 57.2 Å². The fraction of sp³-hybridized carbons (Fsp3) is 0.259. The minimum atomic E-state index is -4.32. The van der Waals surface area contributed by atoms with Crippen molar-refractivity contribution in [3.05, 3.63) is 66.1 Å². The summed E-state index contributed by atoms with van der Waals surface area (Å²) in [5.41, 5.74) is 1.67. The number of nitrogens with two attached hydrogens (primary N) is 1. The van der Waals surface area contributed by atoms with Crippen molar-refractivity contribution in [2.75, 3.05) is 20.5 Å². The maximum absolute atomic E-state index is 12.7. The molecule has 0 unspecified atom stereocenters. The molecule has 0 spiro atoms. The number of nitrogens with one attached hydrogen (secondary N) is 1. The molecule has 3 heterocycles. The fourth-order valence-electron chi connectivity index (χ4n) is 3.88. The molecule has 0 aliphatic rings. The third-order valence-corrected chi connectivity index (χ3v) is 7.50. The maximum Gasteiger partial charge on any atom is 0.261 e. The number of para-hydroxylation sites is 2. The molecule has 0 bridgehead atoms. The normalized spacial score (nSPS) is 11.9. The van der Waals surface area contributed by atoms with Gasteiger partial charge in [-0.05, 0) is 41.8 Å². The molecule has 15 heteroatoms. The van der Waals surface area contributed by atoms with E-state index in [1.165, 1.54) is 26.6 Å².